The summed E-state index contributed by atoms with van der Waals surface area (Å²) >= 11 is 0. The number of benzene rings is 1. The molecule has 0 saturated heterocycles. The van der Waals surface area contributed by atoms with Crippen LogP contribution in [-0.2, 0) is 4.79 Å². The molecule has 0 heterocycles. The molecular weight excluding hydrogens is 198 g/mol. The van der Waals surface area contributed by atoms with Gasteiger partial charge in [-0.2, -0.15) is 0 Å². The number of rotatable bonds is 4. The molecule has 2 nitrogen and oxygen atoms in total. The Morgan fingerprint density at radius 2 is 1.81 bits per heavy atom. The Balaban J connectivity index is 3.01. The second-order valence-corrected chi connectivity index (χ2v) is 4.51. The highest BCUT2D eigenvalue weighted by atomic mass is 16.2. The summed E-state index contributed by atoms with van der Waals surface area (Å²) in [6.45, 7) is 4.27. The van der Waals surface area contributed by atoms with Gasteiger partial charge in [-0.25, -0.2) is 0 Å². The third kappa shape index (κ3) is 2.84. The monoisotopic (exact) mass is 219 g/mol. The number of nitrogens with zero attached hydrogens (tertiary/aromatic N) is 1. The Labute approximate surface area is 98.3 Å². The molecule has 0 saturated carbocycles. The van der Waals surface area contributed by atoms with Crippen LogP contribution in [-0.4, -0.2) is 24.9 Å². The van der Waals surface area contributed by atoms with Gasteiger partial charge in [0, 0.05) is 14.1 Å². The van der Waals surface area contributed by atoms with E-state index < -0.39 is 0 Å². The molecular formula is C14H21NO. The average molecular weight is 219 g/mol. The molecule has 0 unspecified atom stereocenters. The van der Waals surface area contributed by atoms with Crippen LogP contribution in [0.4, 0.5) is 0 Å². The normalized spacial score (nSPS) is 14.2. The number of likely N-dealkylation sites (N-methyl/N-ethyl adjacent to an activating group) is 1. The summed E-state index contributed by atoms with van der Waals surface area (Å²) in [5.41, 5.74) is 1.12. The second-order valence-electron chi connectivity index (χ2n) is 4.51. The van der Waals surface area contributed by atoms with E-state index in [-0.39, 0.29) is 11.8 Å². The standard InChI is InChI=1S/C14H21NO/c1-5-11(2)13(14(16)15(3)4)12-9-7-6-8-10-12/h6-11,13H,5H2,1-4H3/t11-,13+/m0/s1. The zero-order valence-corrected chi connectivity index (χ0v) is 10.6. The van der Waals surface area contributed by atoms with E-state index in [2.05, 4.69) is 13.8 Å². The number of hydrogen-bond donors (Lipinski definition) is 0. The predicted molar refractivity (Wildman–Crippen MR) is 67.3 cm³/mol. The number of hydrogen-bond acceptors (Lipinski definition) is 1. The zero-order valence-electron chi connectivity index (χ0n) is 10.6. The first-order valence-corrected chi connectivity index (χ1v) is 5.84. The lowest BCUT2D eigenvalue weighted by Crippen LogP contribution is -2.31. The minimum absolute atomic E-state index is 0.0128. The molecule has 0 aliphatic carbocycles. The molecule has 0 bridgehead atoms. The van der Waals surface area contributed by atoms with E-state index in [4.69, 9.17) is 0 Å². The van der Waals surface area contributed by atoms with Crippen LogP contribution in [0.25, 0.3) is 0 Å². The van der Waals surface area contributed by atoms with Crippen molar-refractivity contribution in [3.05, 3.63) is 35.9 Å². The summed E-state index contributed by atoms with van der Waals surface area (Å²) < 4.78 is 0. The Bertz CT molecular complexity index is 332. The summed E-state index contributed by atoms with van der Waals surface area (Å²) in [6, 6.07) is 10.1. The van der Waals surface area contributed by atoms with Crippen molar-refractivity contribution in [3.8, 4) is 0 Å². The molecule has 0 spiro atoms. The Kier molecular flexibility index (Phi) is 4.53. The van der Waals surface area contributed by atoms with E-state index in [9.17, 15) is 4.79 Å². The van der Waals surface area contributed by atoms with Gasteiger partial charge in [-0.15, -0.1) is 0 Å². The lowest BCUT2D eigenvalue weighted by molar-refractivity contribution is -0.131. The summed E-state index contributed by atoms with van der Waals surface area (Å²) in [4.78, 5) is 13.9. The topological polar surface area (TPSA) is 20.3 Å². The Hall–Kier alpha value is -1.31. The molecule has 0 N–H and O–H groups in total. The number of carbonyl (C=O) groups is 1. The molecule has 16 heavy (non-hydrogen) atoms. The molecule has 1 amide bonds. The minimum atomic E-state index is -0.0128. The van der Waals surface area contributed by atoms with Crippen molar-refractivity contribution in [2.75, 3.05) is 14.1 Å². The predicted octanol–water partition coefficient (Wildman–Crippen LogP) is 2.90. The summed E-state index contributed by atoms with van der Waals surface area (Å²) in [7, 11) is 3.64. The van der Waals surface area contributed by atoms with Gasteiger partial charge in [-0.1, -0.05) is 50.6 Å². The molecule has 0 aromatic heterocycles. The highest BCUT2D eigenvalue weighted by Gasteiger charge is 2.26. The van der Waals surface area contributed by atoms with Crippen LogP contribution in [0.3, 0.4) is 0 Å². The molecule has 2 atom stereocenters. The van der Waals surface area contributed by atoms with E-state index >= 15 is 0 Å². The van der Waals surface area contributed by atoms with Crippen molar-refractivity contribution in [1.82, 2.24) is 4.90 Å². The van der Waals surface area contributed by atoms with Crippen molar-refractivity contribution in [2.24, 2.45) is 5.92 Å². The van der Waals surface area contributed by atoms with Gasteiger partial charge in [-0.3, -0.25) is 4.79 Å². The van der Waals surface area contributed by atoms with Crippen molar-refractivity contribution < 1.29 is 4.79 Å². The SMILES string of the molecule is CC[C@H](C)[C@@H](C(=O)N(C)C)c1ccccc1. The second kappa shape index (κ2) is 5.69. The quantitative estimate of drug-likeness (QED) is 0.762. The first-order valence-electron chi connectivity index (χ1n) is 5.84. The van der Waals surface area contributed by atoms with Crippen LogP contribution in [0, 0.1) is 5.92 Å². The van der Waals surface area contributed by atoms with E-state index in [1.165, 1.54) is 0 Å². The van der Waals surface area contributed by atoms with Crippen molar-refractivity contribution in [1.29, 1.82) is 0 Å². The average Bonchev–Trinajstić information content (AvgIpc) is 2.30. The van der Waals surface area contributed by atoms with Crippen LogP contribution < -0.4 is 0 Å². The van der Waals surface area contributed by atoms with Gasteiger partial charge in [-0.05, 0) is 11.5 Å². The van der Waals surface area contributed by atoms with Gasteiger partial charge in [0.1, 0.15) is 0 Å². The number of amides is 1. The largest absolute Gasteiger partial charge is 0.348 e. The van der Waals surface area contributed by atoms with Gasteiger partial charge < -0.3 is 4.90 Å². The highest BCUT2D eigenvalue weighted by Crippen LogP contribution is 2.28. The van der Waals surface area contributed by atoms with Gasteiger partial charge in [0.15, 0.2) is 0 Å². The fourth-order valence-corrected chi connectivity index (χ4v) is 1.89. The van der Waals surface area contributed by atoms with E-state index in [1.54, 1.807) is 4.90 Å². The Morgan fingerprint density at radius 1 is 1.25 bits per heavy atom. The van der Waals surface area contributed by atoms with E-state index in [0.29, 0.717) is 5.92 Å². The molecule has 1 aromatic carbocycles. The van der Waals surface area contributed by atoms with Crippen LogP contribution in [0.2, 0.25) is 0 Å². The molecule has 1 aromatic rings. The minimum Gasteiger partial charge on any atom is -0.348 e. The highest BCUT2D eigenvalue weighted by molar-refractivity contribution is 5.83. The lowest BCUT2D eigenvalue weighted by Gasteiger charge is -2.25. The smallest absolute Gasteiger partial charge is 0.229 e. The Morgan fingerprint density at radius 3 is 2.25 bits per heavy atom. The lowest BCUT2D eigenvalue weighted by atomic mass is 9.84. The van der Waals surface area contributed by atoms with Crippen molar-refractivity contribution in [3.63, 3.8) is 0 Å². The van der Waals surface area contributed by atoms with Gasteiger partial charge in [0.25, 0.3) is 0 Å². The third-order valence-corrected chi connectivity index (χ3v) is 3.08. The number of carbonyl (C=O) groups excluding carboxylic acids is 1. The molecule has 0 aliphatic heterocycles. The van der Waals surface area contributed by atoms with Gasteiger partial charge >= 0.3 is 0 Å². The molecule has 1 rings (SSSR count). The molecule has 0 aliphatic rings. The maximum absolute atomic E-state index is 12.2. The third-order valence-electron chi connectivity index (χ3n) is 3.08. The van der Waals surface area contributed by atoms with Crippen LogP contribution >= 0.6 is 0 Å². The van der Waals surface area contributed by atoms with Crippen molar-refractivity contribution >= 4 is 5.91 Å². The molecule has 0 fully saturated rings. The first kappa shape index (κ1) is 12.8. The van der Waals surface area contributed by atoms with Crippen LogP contribution in [0.1, 0.15) is 31.7 Å². The van der Waals surface area contributed by atoms with Gasteiger partial charge in [0.2, 0.25) is 5.91 Å². The van der Waals surface area contributed by atoms with E-state index in [1.807, 2.05) is 44.4 Å². The van der Waals surface area contributed by atoms with Gasteiger partial charge in [0.05, 0.1) is 5.92 Å². The van der Waals surface area contributed by atoms with Crippen molar-refractivity contribution in [2.45, 2.75) is 26.2 Å². The maximum atomic E-state index is 12.2. The van der Waals surface area contributed by atoms with E-state index in [0.717, 1.165) is 12.0 Å². The molecule has 2 heteroatoms. The van der Waals surface area contributed by atoms with Crippen LogP contribution in [0.15, 0.2) is 30.3 Å². The summed E-state index contributed by atoms with van der Waals surface area (Å²) in [6.07, 6.45) is 1.01. The summed E-state index contributed by atoms with van der Waals surface area (Å²) in [5.74, 6) is 0.555. The fourth-order valence-electron chi connectivity index (χ4n) is 1.89. The molecule has 88 valence electrons. The zero-order chi connectivity index (χ0) is 12.1. The summed E-state index contributed by atoms with van der Waals surface area (Å²) in [5, 5.41) is 0. The molecule has 0 radical (unpaired) electrons. The fraction of sp³-hybridized carbons (Fsp3) is 0.500. The maximum Gasteiger partial charge on any atom is 0.229 e. The first-order chi connectivity index (χ1) is 7.57. The van der Waals surface area contributed by atoms with Crippen LogP contribution in [0.5, 0.6) is 0 Å².